The molecule has 1 aromatic carbocycles. The van der Waals surface area contributed by atoms with E-state index >= 15 is 0 Å². The molecule has 2 aromatic rings. The summed E-state index contributed by atoms with van der Waals surface area (Å²) in [5, 5.41) is 6.31. The Morgan fingerprint density at radius 3 is 2.58 bits per heavy atom. The second-order valence-electron chi connectivity index (χ2n) is 5.76. The van der Waals surface area contributed by atoms with E-state index < -0.39 is 11.8 Å². The quantitative estimate of drug-likeness (QED) is 0.468. The van der Waals surface area contributed by atoms with Gasteiger partial charge in [-0.1, -0.05) is 12.1 Å². The van der Waals surface area contributed by atoms with Crippen LogP contribution in [0, 0.1) is 13.8 Å². The van der Waals surface area contributed by atoms with Crippen LogP contribution in [0.1, 0.15) is 18.3 Å². The average molecular weight is 371 g/mol. The topological polar surface area (TPSA) is 110 Å². The largest absolute Gasteiger partial charge is 0.410 e. The monoisotopic (exact) mass is 371 g/mol. The summed E-state index contributed by atoms with van der Waals surface area (Å²) in [4.78, 5) is 32.6. The second-order valence-corrected chi connectivity index (χ2v) is 6.12. The Bertz CT molecular complexity index is 929. The SMILES string of the molecule is CC1=CC(=O)N(Nc2cc(-c3ccc(C)c(OSN)c3)nc(C)n2)C1=O. The zero-order valence-corrected chi connectivity index (χ0v) is 15.3. The molecule has 0 fully saturated rings. The van der Waals surface area contributed by atoms with Crippen LogP contribution in [0.2, 0.25) is 0 Å². The fraction of sp³-hybridized carbons (Fsp3) is 0.176. The Morgan fingerprint density at radius 1 is 1.15 bits per heavy atom. The molecule has 0 saturated carbocycles. The molecule has 134 valence electrons. The van der Waals surface area contributed by atoms with Crippen LogP contribution in [0.3, 0.4) is 0 Å². The molecule has 9 heteroatoms. The van der Waals surface area contributed by atoms with Crippen LogP contribution in [0.4, 0.5) is 5.82 Å². The van der Waals surface area contributed by atoms with E-state index in [1.807, 2.05) is 25.1 Å². The fourth-order valence-electron chi connectivity index (χ4n) is 2.48. The van der Waals surface area contributed by atoms with Gasteiger partial charge in [0.25, 0.3) is 11.8 Å². The van der Waals surface area contributed by atoms with Crippen LogP contribution in [0.25, 0.3) is 11.3 Å². The van der Waals surface area contributed by atoms with Gasteiger partial charge >= 0.3 is 0 Å². The third-order valence-electron chi connectivity index (χ3n) is 3.79. The van der Waals surface area contributed by atoms with Gasteiger partial charge in [0, 0.05) is 23.3 Å². The lowest BCUT2D eigenvalue weighted by molar-refractivity contribution is -0.135. The van der Waals surface area contributed by atoms with E-state index in [-0.39, 0.29) is 0 Å². The highest BCUT2D eigenvalue weighted by molar-refractivity contribution is 7.92. The summed E-state index contributed by atoms with van der Waals surface area (Å²) in [5.74, 6) is 0.624. The lowest BCUT2D eigenvalue weighted by Gasteiger charge is -2.17. The predicted octanol–water partition coefficient (Wildman–Crippen LogP) is 2.30. The molecule has 1 aliphatic heterocycles. The molecule has 2 heterocycles. The van der Waals surface area contributed by atoms with Crippen molar-refractivity contribution in [3.05, 3.63) is 47.3 Å². The van der Waals surface area contributed by atoms with Crippen molar-refractivity contribution in [1.82, 2.24) is 15.0 Å². The van der Waals surface area contributed by atoms with Gasteiger partial charge < -0.3 is 4.18 Å². The van der Waals surface area contributed by atoms with Crippen molar-refractivity contribution in [2.45, 2.75) is 20.8 Å². The lowest BCUT2D eigenvalue weighted by atomic mass is 10.1. The van der Waals surface area contributed by atoms with Crippen LogP contribution < -0.4 is 14.7 Å². The van der Waals surface area contributed by atoms with E-state index in [1.54, 1.807) is 19.9 Å². The maximum Gasteiger partial charge on any atom is 0.275 e. The molecule has 0 unspecified atom stereocenters. The van der Waals surface area contributed by atoms with Crippen molar-refractivity contribution in [3.8, 4) is 17.0 Å². The van der Waals surface area contributed by atoms with Crippen molar-refractivity contribution in [2.75, 3.05) is 5.43 Å². The molecule has 0 saturated heterocycles. The Labute approximate surface area is 154 Å². The number of aryl methyl sites for hydroxylation is 2. The van der Waals surface area contributed by atoms with Gasteiger partial charge in [-0.15, -0.1) is 0 Å². The minimum absolute atomic E-state index is 0.341. The number of nitrogens with zero attached hydrogens (tertiary/aromatic N) is 3. The Kier molecular flexibility index (Phi) is 4.92. The van der Waals surface area contributed by atoms with E-state index in [2.05, 4.69) is 15.4 Å². The zero-order valence-electron chi connectivity index (χ0n) is 14.4. The normalized spacial score (nSPS) is 13.8. The van der Waals surface area contributed by atoms with Crippen molar-refractivity contribution in [2.24, 2.45) is 5.14 Å². The molecule has 0 spiro atoms. The van der Waals surface area contributed by atoms with Gasteiger partial charge in [0.15, 0.2) is 0 Å². The minimum Gasteiger partial charge on any atom is -0.410 e. The molecule has 8 nitrogen and oxygen atoms in total. The molecule has 2 amide bonds. The molecule has 1 aromatic heterocycles. The van der Waals surface area contributed by atoms with Crippen LogP contribution in [0.15, 0.2) is 35.9 Å². The van der Waals surface area contributed by atoms with Crippen molar-refractivity contribution >= 4 is 29.9 Å². The number of nitrogens with two attached hydrogens (primary N) is 1. The molecule has 26 heavy (non-hydrogen) atoms. The van der Waals surface area contributed by atoms with Crippen LogP contribution in [0.5, 0.6) is 5.75 Å². The molecule has 3 rings (SSSR count). The standard InChI is InChI=1S/C17H17N5O3S/c1-9-4-5-12(7-14(9)25-26-18)13-8-15(20-11(3)19-13)21-22-16(23)6-10(2)17(22)24/h4-8H,18H2,1-3H3,(H,19,20,21). The van der Waals surface area contributed by atoms with E-state index in [9.17, 15) is 9.59 Å². The molecule has 0 atom stereocenters. The first-order chi connectivity index (χ1) is 12.4. The number of hydrogen-bond acceptors (Lipinski definition) is 8. The van der Waals surface area contributed by atoms with Crippen LogP contribution in [-0.2, 0) is 9.59 Å². The van der Waals surface area contributed by atoms with E-state index in [0.29, 0.717) is 28.7 Å². The first-order valence-corrected chi connectivity index (χ1v) is 8.53. The van der Waals surface area contributed by atoms with Gasteiger partial charge in [-0.05, 0) is 32.4 Å². The van der Waals surface area contributed by atoms with E-state index in [4.69, 9.17) is 9.32 Å². The Morgan fingerprint density at radius 2 is 1.92 bits per heavy atom. The molecular formula is C17H17N5O3S. The molecule has 1 aliphatic rings. The summed E-state index contributed by atoms with van der Waals surface area (Å²) < 4.78 is 5.34. The summed E-state index contributed by atoms with van der Waals surface area (Å²) in [5.41, 5.74) is 5.47. The number of amides is 2. The van der Waals surface area contributed by atoms with E-state index in [1.165, 1.54) is 6.08 Å². The number of rotatable bonds is 5. The smallest absolute Gasteiger partial charge is 0.275 e. The Balaban J connectivity index is 1.93. The van der Waals surface area contributed by atoms with Crippen molar-refractivity contribution in [1.29, 1.82) is 0 Å². The fourth-order valence-corrected chi connectivity index (χ4v) is 2.77. The van der Waals surface area contributed by atoms with Crippen LogP contribution >= 0.6 is 12.2 Å². The lowest BCUT2D eigenvalue weighted by Crippen LogP contribution is -2.36. The highest BCUT2D eigenvalue weighted by Gasteiger charge is 2.29. The van der Waals surface area contributed by atoms with Crippen molar-refractivity contribution < 1.29 is 13.8 Å². The Hall–Kier alpha value is -2.91. The number of imide groups is 1. The molecule has 3 N–H and O–H groups in total. The van der Waals surface area contributed by atoms with E-state index in [0.717, 1.165) is 28.4 Å². The van der Waals surface area contributed by atoms with Gasteiger partial charge in [-0.2, -0.15) is 5.01 Å². The number of nitrogens with one attached hydrogen (secondary N) is 1. The van der Waals surface area contributed by atoms with Gasteiger partial charge in [0.1, 0.15) is 29.6 Å². The van der Waals surface area contributed by atoms with Crippen molar-refractivity contribution in [3.63, 3.8) is 0 Å². The number of hydrogen-bond donors (Lipinski definition) is 2. The highest BCUT2D eigenvalue weighted by Crippen LogP contribution is 2.28. The number of hydrazine groups is 1. The molecule has 0 aliphatic carbocycles. The average Bonchev–Trinajstić information content (AvgIpc) is 2.83. The predicted molar refractivity (Wildman–Crippen MR) is 98.6 cm³/mol. The molecule has 0 radical (unpaired) electrons. The maximum atomic E-state index is 12.0. The van der Waals surface area contributed by atoms with Gasteiger partial charge in [0.2, 0.25) is 0 Å². The first-order valence-electron chi connectivity index (χ1n) is 7.72. The second kappa shape index (κ2) is 7.14. The van der Waals surface area contributed by atoms with Crippen LogP contribution in [-0.4, -0.2) is 26.8 Å². The third-order valence-corrected chi connectivity index (χ3v) is 4.06. The third kappa shape index (κ3) is 3.53. The summed E-state index contributed by atoms with van der Waals surface area (Å²) in [6, 6.07) is 7.27. The summed E-state index contributed by atoms with van der Waals surface area (Å²) in [7, 11) is 0. The van der Waals surface area contributed by atoms with Gasteiger partial charge in [-0.3, -0.25) is 15.0 Å². The summed E-state index contributed by atoms with van der Waals surface area (Å²) in [6.45, 7) is 5.22. The maximum absolute atomic E-state index is 12.0. The number of carbonyl (C=O) groups excluding carboxylic acids is 2. The van der Waals surface area contributed by atoms with Gasteiger partial charge in [-0.25, -0.2) is 15.1 Å². The summed E-state index contributed by atoms with van der Waals surface area (Å²) >= 11 is 0.769. The summed E-state index contributed by atoms with van der Waals surface area (Å²) in [6.07, 6.45) is 1.28. The number of anilines is 1. The number of carbonyl (C=O) groups is 2. The number of aromatic nitrogens is 2. The van der Waals surface area contributed by atoms with Gasteiger partial charge in [0.05, 0.1) is 5.69 Å². The number of benzene rings is 1. The minimum atomic E-state index is -0.434. The first kappa shape index (κ1) is 17.9. The molecular weight excluding hydrogens is 354 g/mol. The zero-order chi connectivity index (χ0) is 18.8. The highest BCUT2D eigenvalue weighted by atomic mass is 32.2. The molecule has 0 bridgehead atoms.